The van der Waals surface area contributed by atoms with Crippen LogP contribution in [0.2, 0.25) is 0 Å². The lowest BCUT2D eigenvalue weighted by Crippen LogP contribution is -2.25. The summed E-state index contributed by atoms with van der Waals surface area (Å²) in [5.74, 6) is 1.95. The second kappa shape index (κ2) is 8.50. The first kappa shape index (κ1) is 20.5. The number of benzene rings is 1. The van der Waals surface area contributed by atoms with E-state index in [9.17, 15) is 4.79 Å². The maximum absolute atomic E-state index is 12.5. The van der Waals surface area contributed by atoms with Gasteiger partial charge in [0.2, 0.25) is 11.7 Å². The van der Waals surface area contributed by atoms with Crippen molar-refractivity contribution in [1.82, 2.24) is 19.7 Å². The Bertz CT molecular complexity index is 1100. The van der Waals surface area contributed by atoms with Crippen LogP contribution in [0.5, 0.6) is 23.3 Å². The van der Waals surface area contributed by atoms with Gasteiger partial charge in [0.05, 0.1) is 41.2 Å². The molecule has 1 atom stereocenters. The van der Waals surface area contributed by atoms with Gasteiger partial charge in [0.25, 0.3) is 0 Å². The van der Waals surface area contributed by atoms with E-state index in [1.54, 1.807) is 44.6 Å². The van der Waals surface area contributed by atoms with Crippen molar-refractivity contribution in [3.05, 3.63) is 47.4 Å². The fourth-order valence-electron chi connectivity index (χ4n) is 3.75. The molecular weight excluding hydrogens is 402 g/mol. The Kier molecular flexibility index (Phi) is 5.61. The van der Waals surface area contributed by atoms with E-state index < -0.39 is 0 Å². The number of carbonyl (C=O) groups is 1. The highest BCUT2D eigenvalue weighted by atomic mass is 16.5. The summed E-state index contributed by atoms with van der Waals surface area (Å²) in [5.41, 5.74) is 2.54. The minimum atomic E-state index is -0.198. The largest absolute Gasteiger partial charge is 0.493 e. The van der Waals surface area contributed by atoms with Crippen molar-refractivity contribution in [2.45, 2.75) is 18.9 Å². The standard InChI is InChI=1S/C21H23N5O5/c1-28-16-6-5-12(18(29-2)19(16)30-3)11-26-20-15(10-24-26)14(7-17(27)25-20)13-8-22-21(31-4)23-9-13/h5-6,8-10,14H,7,11H2,1-4H3,(H,25,27). The molecule has 1 aliphatic rings. The van der Waals surface area contributed by atoms with Crippen molar-refractivity contribution >= 4 is 11.7 Å². The summed E-state index contributed by atoms with van der Waals surface area (Å²) < 4.78 is 23.1. The van der Waals surface area contributed by atoms with Gasteiger partial charge < -0.3 is 24.3 Å². The minimum absolute atomic E-state index is 0.102. The quantitative estimate of drug-likeness (QED) is 0.614. The molecule has 4 rings (SSSR count). The Balaban J connectivity index is 1.70. The average molecular weight is 425 g/mol. The van der Waals surface area contributed by atoms with Gasteiger partial charge in [-0.15, -0.1) is 0 Å². The zero-order chi connectivity index (χ0) is 22.0. The molecular formula is C21H23N5O5. The molecule has 3 heterocycles. The number of hydrogen-bond donors (Lipinski definition) is 1. The number of nitrogens with one attached hydrogen (secondary N) is 1. The van der Waals surface area contributed by atoms with Gasteiger partial charge in [-0.1, -0.05) is 0 Å². The molecule has 0 spiro atoms. The molecule has 10 heteroatoms. The highest BCUT2D eigenvalue weighted by molar-refractivity contribution is 5.94. The summed E-state index contributed by atoms with van der Waals surface area (Å²) >= 11 is 0. The third kappa shape index (κ3) is 3.72. The lowest BCUT2D eigenvalue weighted by atomic mass is 9.89. The molecule has 2 aromatic heterocycles. The van der Waals surface area contributed by atoms with Crippen LogP contribution in [0.15, 0.2) is 30.7 Å². The molecule has 0 bridgehead atoms. The first-order valence-corrected chi connectivity index (χ1v) is 9.58. The van der Waals surface area contributed by atoms with Crippen molar-refractivity contribution < 1.29 is 23.7 Å². The predicted octanol–water partition coefficient (Wildman–Crippen LogP) is 2.23. The van der Waals surface area contributed by atoms with Gasteiger partial charge >= 0.3 is 6.01 Å². The van der Waals surface area contributed by atoms with Gasteiger partial charge in [0.1, 0.15) is 5.82 Å². The van der Waals surface area contributed by atoms with E-state index >= 15 is 0 Å². The van der Waals surface area contributed by atoms with Crippen molar-refractivity contribution in [2.24, 2.45) is 0 Å². The smallest absolute Gasteiger partial charge is 0.316 e. The second-order valence-corrected chi connectivity index (χ2v) is 6.91. The van der Waals surface area contributed by atoms with Gasteiger partial charge in [-0.2, -0.15) is 5.10 Å². The highest BCUT2D eigenvalue weighted by Crippen LogP contribution is 2.41. The average Bonchev–Trinajstić information content (AvgIpc) is 3.20. The first-order chi connectivity index (χ1) is 15.1. The van der Waals surface area contributed by atoms with Gasteiger partial charge in [-0.05, 0) is 17.7 Å². The Hall–Kier alpha value is -3.82. The molecule has 162 valence electrons. The van der Waals surface area contributed by atoms with E-state index in [0.717, 1.165) is 16.7 Å². The molecule has 31 heavy (non-hydrogen) atoms. The number of hydrogen-bond acceptors (Lipinski definition) is 8. The van der Waals surface area contributed by atoms with Gasteiger partial charge in [-0.3, -0.25) is 4.79 Å². The highest BCUT2D eigenvalue weighted by Gasteiger charge is 2.31. The fourth-order valence-corrected chi connectivity index (χ4v) is 3.75. The molecule has 1 aliphatic heterocycles. The third-order valence-corrected chi connectivity index (χ3v) is 5.23. The van der Waals surface area contributed by atoms with Gasteiger partial charge in [-0.25, -0.2) is 14.6 Å². The first-order valence-electron chi connectivity index (χ1n) is 9.58. The number of ether oxygens (including phenoxy) is 4. The van der Waals surface area contributed by atoms with Crippen molar-refractivity contribution in [2.75, 3.05) is 33.8 Å². The topological polar surface area (TPSA) is 110 Å². The number of amides is 1. The molecule has 0 aliphatic carbocycles. The number of nitrogens with zero attached hydrogens (tertiary/aromatic N) is 4. The van der Waals surface area contributed by atoms with Crippen LogP contribution in [-0.2, 0) is 11.3 Å². The van der Waals surface area contributed by atoms with E-state index in [2.05, 4.69) is 20.4 Å². The van der Waals surface area contributed by atoms with E-state index in [1.807, 2.05) is 12.1 Å². The molecule has 1 unspecified atom stereocenters. The summed E-state index contributed by atoms with van der Waals surface area (Å²) in [5, 5.41) is 7.46. The van der Waals surface area contributed by atoms with Crippen molar-refractivity contribution in [1.29, 1.82) is 0 Å². The number of methoxy groups -OCH3 is 4. The number of fused-ring (bicyclic) bond motifs is 1. The number of aromatic nitrogens is 4. The Morgan fingerprint density at radius 2 is 1.74 bits per heavy atom. The van der Waals surface area contributed by atoms with Gasteiger partial charge in [0.15, 0.2) is 11.5 Å². The normalized spacial score (nSPS) is 15.1. The minimum Gasteiger partial charge on any atom is -0.493 e. The number of carbonyl (C=O) groups excluding carboxylic acids is 1. The van der Waals surface area contributed by atoms with E-state index in [1.165, 1.54) is 7.11 Å². The van der Waals surface area contributed by atoms with Crippen molar-refractivity contribution in [3.8, 4) is 23.3 Å². The Labute approximate surface area is 179 Å². The Morgan fingerprint density at radius 1 is 1.00 bits per heavy atom. The second-order valence-electron chi connectivity index (χ2n) is 6.91. The maximum atomic E-state index is 12.5. The monoisotopic (exact) mass is 425 g/mol. The van der Waals surface area contributed by atoms with E-state index in [0.29, 0.717) is 29.6 Å². The molecule has 1 aromatic carbocycles. The molecule has 10 nitrogen and oxygen atoms in total. The summed E-state index contributed by atoms with van der Waals surface area (Å²) in [7, 11) is 6.20. The summed E-state index contributed by atoms with van der Waals surface area (Å²) in [6, 6.07) is 3.97. The zero-order valence-corrected chi connectivity index (χ0v) is 17.7. The van der Waals surface area contributed by atoms with Crippen LogP contribution in [0.1, 0.15) is 29.0 Å². The van der Waals surface area contributed by atoms with Crippen LogP contribution in [0.3, 0.4) is 0 Å². The van der Waals surface area contributed by atoms with Crippen LogP contribution in [0, 0.1) is 0 Å². The molecule has 0 fully saturated rings. The summed E-state index contributed by atoms with van der Waals surface area (Å²) in [4.78, 5) is 20.8. The zero-order valence-electron chi connectivity index (χ0n) is 17.7. The van der Waals surface area contributed by atoms with Crippen LogP contribution in [0.25, 0.3) is 0 Å². The van der Waals surface area contributed by atoms with E-state index in [-0.39, 0.29) is 24.3 Å². The maximum Gasteiger partial charge on any atom is 0.316 e. The van der Waals surface area contributed by atoms with Crippen LogP contribution in [0.4, 0.5) is 5.82 Å². The molecule has 0 saturated carbocycles. The fraction of sp³-hybridized carbons (Fsp3) is 0.333. The molecule has 0 saturated heterocycles. The number of rotatable bonds is 7. The van der Waals surface area contributed by atoms with Gasteiger partial charge in [0, 0.05) is 35.9 Å². The van der Waals surface area contributed by atoms with E-state index in [4.69, 9.17) is 18.9 Å². The molecule has 3 aromatic rings. The molecule has 1 amide bonds. The summed E-state index contributed by atoms with van der Waals surface area (Å²) in [6.07, 6.45) is 5.39. The Morgan fingerprint density at radius 3 is 2.39 bits per heavy atom. The molecule has 0 radical (unpaired) electrons. The third-order valence-electron chi connectivity index (χ3n) is 5.23. The summed E-state index contributed by atoms with van der Waals surface area (Å²) in [6.45, 7) is 0.366. The predicted molar refractivity (Wildman–Crippen MR) is 111 cm³/mol. The molecule has 1 N–H and O–H groups in total. The SMILES string of the molecule is COc1ncc(C2CC(=O)Nc3c2cnn3Cc2ccc(OC)c(OC)c2OC)cn1. The number of anilines is 1. The van der Waals surface area contributed by atoms with Crippen LogP contribution in [-0.4, -0.2) is 54.1 Å². The van der Waals surface area contributed by atoms with Crippen LogP contribution < -0.4 is 24.3 Å². The lowest BCUT2D eigenvalue weighted by molar-refractivity contribution is -0.116. The lowest BCUT2D eigenvalue weighted by Gasteiger charge is -2.23. The van der Waals surface area contributed by atoms with Crippen LogP contribution >= 0.6 is 0 Å². The van der Waals surface area contributed by atoms with Crippen molar-refractivity contribution in [3.63, 3.8) is 0 Å².